The van der Waals surface area contributed by atoms with Crippen molar-refractivity contribution in [1.29, 1.82) is 0 Å². The Kier molecular flexibility index (Phi) is 2.36. The molecule has 1 N–H and O–H groups in total. The summed E-state index contributed by atoms with van der Waals surface area (Å²) < 4.78 is 0. The zero-order valence-corrected chi connectivity index (χ0v) is 6.66. The first-order valence-corrected chi connectivity index (χ1v) is 3.50. The summed E-state index contributed by atoms with van der Waals surface area (Å²) in [6, 6.07) is -0.316. The molecule has 0 aromatic rings. The molecule has 0 saturated carbocycles. The maximum atomic E-state index is 11.0. The van der Waals surface area contributed by atoms with Crippen molar-refractivity contribution in [3.05, 3.63) is 0 Å². The summed E-state index contributed by atoms with van der Waals surface area (Å²) in [5.74, 6) is -0.0718. The standard InChI is InChI=1S/C7H11N3O/c1-5-3-10-6(4-9-5)7(11)8-2/h3,6H,4H2,1-2H3,(H,8,11). The molecular formula is C7H11N3O. The number of nitrogens with one attached hydrogen (secondary N) is 1. The third kappa shape index (κ3) is 1.86. The summed E-state index contributed by atoms with van der Waals surface area (Å²) in [5, 5.41) is 2.53. The lowest BCUT2D eigenvalue weighted by Gasteiger charge is -2.11. The molecule has 0 bridgehead atoms. The number of rotatable bonds is 1. The van der Waals surface area contributed by atoms with Crippen molar-refractivity contribution < 1.29 is 4.79 Å². The predicted molar refractivity (Wildman–Crippen MR) is 44.3 cm³/mol. The van der Waals surface area contributed by atoms with Crippen LogP contribution in [0, 0.1) is 0 Å². The predicted octanol–water partition coefficient (Wildman–Crippen LogP) is -0.354. The molecule has 1 aliphatic heterocycles. The Morgan fingerprint density at radius 1 is 1.82 bits per heavy atom. The van der Waals surface area contributed by atoms with Gasteiger partial charge in [0, 0.05) is 19.0 Å². The van der Waals surface area contributed by atoms with Gasteiger partial charge in [-0.05, 0) is 6.92 Å². The summed E-state index contributed by atoms with van der Waals surface area (Å²) in [6.45, 7) is 2.34. The molecule has 60 valence electrons. The second kappa shape index (κ2) is 3.27. The van der Waals surface area contributed by atoms with Crippen LogP contribution in [0.5, 0.6) is 0 Å². The Labute approximate surface area is 65.4 Å². The van der Waals surface area contributed by atoms with Crippen molar-refractivity contribution in [3.63, 3.8) is 0 Å². The Bertz CT molecular complexity index is 220. The van der Waals surface area contributed by atoms with Crippen LogP contribution in [0.15, 0.2) is 9.98 Å². The molecule has 0 saturated heterocycles. The first kappa shape index (κ1) is 7.91. The fourth-order valence-electron chi connectivity index (χ4n) is 0.833. The van der Waals surface area contributed by atoms with E-state index in [1.807, 2.05) is 6.92 Å². The highest BCUT2D eigenvalue weighted by atomic mass is 16.2. The van der Waals surface area contributed by atoms with Crippen LogP contribution in [0.1, 0.15) is 6.92 Å². The van der Waals surface area contributed by atoms with Gasteiger partial charge in [0.25, 0.3) is 0 Å². The van der Waals surface area contributed by atoms with Gasteiger partial charge in [-0.1, -0.05) is 0 Å². The third-order valence-electron chi connectivity index (χ3n) is 1.50. The normalized spacial score (nSPS) is 22.7. The number of aliphatic imine (C=N–C) groups is 2. The van der Waals surface area contributed by atoms with Gasteiger partial charge in [-0.3, -0.25) is 14.8 Å². The molecule has 1 atom stereocenters. The van der Waals surface area contributed by atoms with Crippen molar-refractivity contribution in [3.8, 4) is 0 Å². The minimum atomic E-state index is -0.316. The molecule has 1 aliphatic rings. The lowest BCUT2D eigenvalue weighted by Crippen LogP contribution is -2.34. The van der Waals surface area contributed by atoms with Gasteiger partial charge >= 0.3 is 0 Å². The van der Waals surface area contributed by atoms with Crippen LogP contribution in [0.3, 0.4) is 0 Å². The van der Waals surface area contributed by atoms with E-state index in [2.05, 4.69) is 15.3 Å². The molecule has 0 spiro atoms. The van der Waals surface area contributed by atoms with Crippen molar-refractivity contribution in [2.75, 3.05) is 13.6 Å². The van der Waals surface area contributed by atoms with Crippen LogP contribution in [0.4, 0.5) is 0 Å². The van der Waals surface area contributed by atoms with Gasteiger partial charge in [0.15, 0.2) is 0 Å². The van der Waals surface area contributed by atoms with Gasteiger partial charge < -0.3 is 5.32 Å². The molecule has 0 aliphatic carbocycles. The van der Waals surface area contributed by atoms with Crippen LogP contribution in [-0.4, -0.2) is 37.5 Å². The van der Waals surface area contributed by atoms with Crippen LogP contribution >= 0.6 is 0 Å². The van der Waals surface area contributed by atoms with Gasteiger partial charge in [0.2, 0.25) is 5.91 Å². The summed E-state index contributed by atoms with van der Waals surface area (Å²) in [4.78, 5) is 19.1. The van der Waals surface area contributed by atoms with Crippen molar-refractivity contribution >= 4 is 17.8 Å². The van der Waals surface area contributed by atoms with E-state index in [-0.39, 0.29) is 11.9 Å². The summed E-state index contributed by atoms with van der Waals surface area (Å²) in [6.07, 6.45) is 1.63. The van der Waals surface area contributed by atoms with Crippen LogP contribution in [0.2, 0.25) is 0 Å². The van der Waals surface area contributed by atoms with E-state index in [4.69, 9.17) is 0 Å². The smallest absolute Gasteiger partial charge is 0.246 e. The number of likely N-dealkylation sites (N-methyl/N-ethyl adjacent to an activating group) is 1. The zero-order valence-electron chi connectivity index (χ0n) is 6.66. The highest BCUT2D eigenvalue weighted by Crippen LogP contribution is 1.97. The fourth-order valence-corrected chi connectivity index (χ4v) is 0.833. The quantitative estimate of drug-likeness (QED) is 0.550. The highest BCUT2D eigenvalue weighted by molar-refractivity contribution is 6.30. The Balaban J connectivity index is 2.55. The molecule has 1 rings (SSSR count). The number of hydrogen-bond acceptors (Lipinski definition) is 3. The van der Waals surface area contributed by atoms with Crippen LogP contribution < -0.4 is 5.32 Å². The van der Waals surface area contributed by atoms with Crippen molar-refractivity contribution in [1.82, 2.24) is 5.32 Å². The first-order valence-electron chi connectivity index (χ1n) is 3.50. The van der Waals surface area contributed by atoms with E-state index in [0.29, 0.717) is 6.54 Å². The number of carbonyl (C=O) groups is 1. The second-order valence-corrected chi connectivity index (χ2v) is 2.39. The molecule has 0 fully saturated rings. The molecule has 11 heavy (non-hydrogen) atoms. The number of amides is 1. The van der Waals surface area contributed by atoms with Gasteiger partial charge in [-0.15, -0.1) is 0 Å². The van der Waals surface area contributed by atoms with E-state index < -0.39 is 0 Å². The summed E-state index contributed by atoms with van der Waals surface area (Å²) in [7, 11) is 1.60. The SMILES string of the molecule is CNC(=O)C1CN=C(C)C=N1. The van der Waals surface area contributed by atoms with Gasteiger partial charge in [-0.25, -0.2) is 0 Å². The van der Waals surface area contributed by atoms with E-state index in [1.165, 1.54) is 0 Å². The van der Waals surface area contributed by atoms with Crippen LogP contribution in [-0.2, 0) is 4.79 Å². The molecular weight excluding hydrogens is 142 g/mol. The lowest BCUT2D eigenvalue weighted by atomic mass is 10.2. The topological polar surface area (TPSA) is 53.8 Å². The number of hydrogen-bond donors (Lipinski definition) is 1. The minimum absolute atomic E-state index is 0.0718. The van der Waals surface area contributed by atoms with Crippen molar-refractivity contribution in [2.45, 2.75) is 13.0 Å². The van der Waals surface area contributed by atoms with Crippen LogP contribution in [0.25, 0.3) is 0 Å². The highest BCUT2D eigenvalue weighted by Gasteiger charge is 2.16. The third-order valence-corrected chi connectivity index (χ3v) is 1.50. The molecule has 1 unspecified atom stereocenters. The largest absolute Gasteiger partial charge is 0.357 e. The molecule has 0 radical (unpaired) electrons. The lowest BCUT2D eigenvalue weighted by molar-refractivity contribution is -0.121. The fraction of sp³-hybridized carbons (Fsp3) is 0.571. The Morgan fingerprint density at radius 2 is 2.55 bits per heavy atom. The summed E-state index contributed by atoms with van der Waals surface area (Å²) in [5.41, 5.74) is 0.880. The molecule has 0 aromatic carbocycles. The van der Waals surface area contributed by atoms with Gasteiger partial charge in [0.1, 0.15) is 6.04 Å². The average Bonchev–Trinajstić information content (AvgIpc) is 2.05. The maximum Gasteiger partial charge on any atom is 0.246 e. The number of carbonyl (C=O) groups excluding carboxylic acids is 1. The maximum absolute atomic E-state index is 11.0. The minimum Gasteiger partial charge on any atom is -0.357 e. The Morgan fingerprint density at radius 3 is 3.00 bits per heavy atom. The molecule has 4 heteroatoms. The van der Waals surface area contributed by atoms with E-state index in [1.54, 1.807) is 13.3 Å². The van der Waals surface area contributed by atoms with E-state index in [9.17, 15) is 4.79 Å². The summed E-state index contributed by atoms with van der Waals surface area (Å²) >= 11 is 0. The first-order chi connectivity index (χ1) is 5.24. The average molecular weight is 153 g/mol. The van der Waals surface area contributed by atoms with Gasteiger partial charge in [0.05, 0.1) is 6.54 Å². The molecule has 4 nitrogen and oxygen atoms in total. The monoisotopic (exact) mass is 153 g/mol. The zero-order chi connectivity index (χ0) is 8.27. The van der Waals surface area contributed by atoms with Gasteiger partial charge in [-0.2, -0.15) is 0 Å². The second-order valence-electron chi connectivity index (χ2n) is 2.39. The number of nitrogens with zero attached hydrogens (tertiary/aromatic N) is 2. The van der Waals surface area contributed by atoms with Crippen molar-refractivity contribution in [2.24, 2.45) is 9.98 Å². The molecule has 1 amide bonds. The molecule has 1 heterocycles. The Hall–Kier alpha value is -1.19. The molecule has 0 aromatic heterocycles. The van der Waals surface area contributed by atoms with E-state index >= 15 is 0 Å². The van der Waals surface area contributed by atoms with E-state index in [0.717, 1.165) is 5.71 Å².